The number of nitrogens with one attached hydrogen (secondary N) is 1. The molecule has 1 N–H and O–H groups in total. The van der Waals surface area contributed by atoms with Crippen molar-refractivity contribution in [1.82, 2.24) is 5.32 Å². The summed E-state index contributed by atoms with van der Waals surface area (Å²) in [5.41, 5.74) is 1.75. The van der Waals surface area contributed by atoms with Crippen LogP contribution < -0.4 is 14.8 Å². The summed E-state index contributed by atoms with van der Waals surface area (Å²) in [7, 11) is 1.63. The predicted octanol–water partition coefficient (Wildman–Crippen LogP) is 7.03. The van der Waals surface area contributed by atoms with E-state index in [9.17, 15) is 4.39 Å². The standard InChI is InChI=1S/C23H28BrClFNO2/c1-28-22-12-11-20(24)19(14-27-18-7-5-3-2-4-6-8-18)23(22)29-15-16-9-10-17(26)13-21(16)25/h9-13,18,27H,2-8,14-15H2,1H3. The van der Waals surface area contributed by atoms with E-state index in [1.165, 1.54) is 57.1 Å². The van der Waals surface area contributed by atoms with Gasteiger partial charge in [0.05, 0.1) is 12.1 Å². The molecule has 0 amide bonds. The number of benzene rings is 2. The van der Waals surface area contributed by atoms with Gasteiger partial charge < -0.3 is 14.8 Å². The van der Waals surface area contributed by atoms with Crippen molar-refractivity contribution >= 4 is 27.5 Å². The van der Waals surface area contributed by atoms with Crippen LogP contribution in [0.3, 0.4) is 0 Å². The van der Waals surface area contributed by atoms with Gasteiger partial charge in [-0.3, -0.25) is 0 Å². The lowest BCUT2D eigenvalue weighted by Gasteiger charge is -2.23. The predicted molar refractivity (Wildman–Crippen MR) is 119 cm³/mol. The maximum Gasteiger partial charge on any atom is 0.167 e. The first kappa shape index (κ1) is 22.4. The summed E-state index contributed by atoms with van der Waals surface area (Å²) in [4.78, 5) is 0. The van der Waals surface area contributed by atoms with Crippen LogP contribution in [0.1, 0.15) is 56.1 Å². The number of methoxy groups -OCH3 is 1. The molecule has 0 heterocycles. The minimum atomic E-state index is -0.358. The molecule has 0 aromatic heterocycles. The van der Waals surface area contributed by atoms with Gasteiger partial charge >= 0.3 is 0 Å². The first-order valence-electron chi connectivity index (χ1n) is 10.2. The first-order valence-corrected chi connectivity index (χ1v) is 11.4. The van der Waals surface area contributed by atoms with Crippen molar-refractivity contribution < 1.29 is 13.9 Å². The first-order chi connectivity index (χ1) is 14.1. The van der Waals surface area contributed by atoms with Crippen LogP contribution in [0.5, 0.6) is 11.5 Å². The van der Waals surface area contributed by atoms with Crippen molar-refractivity contribution in [2.75, 3.05) is 7.11 Å². The molecule has 3 nitrogen and oxygen atoms in total. The third kappa shape index (κ3) is 6.34. The van der Waals surface area contributed by atoms with Gasteiger partial charge in [-0.05, 0) is 37.1 Å². The zero-order valence-electron chi connectivity index (χ0n) is 16.8. The second kappa shape index (κ2) is 11.2. The van der Waals surface area contributed by atoms with E-state index in [0.717, 1.165) is 15.6 Å². The number of ether oxygens (including phenoxy) is 2. The Balaban J connectivity index is 1.75. The van der Waals surface area contributed by atoms with Crippen molar-refractivity contribution in [3.63, 3.8) is 0 Å². The molecule has 1 aliphatic carbocycles. The average Bonchev–Trinajstić information content (AvgIpc) is 2.67. The Bertz CT molecular complexity index is 810. The van der Waals surface area contributed by atoms with E-state index in [1.54, 1.807) is 13.2 Å². The Morgan fingerprint density at radius 3 is 2.52 bits per heavy atom. The van der Waals surface area contributed by atoms with Crippen LogP contribution in [-0.2, 0) is 13.2 Å². The zero-order valence-corrected chi connectivity index (χ0v) is 19.1. The van der Waals surface area contributed by atoms with E-state index in [1.807, 2.05) is 12.1 Å². The fraction of sp³-hybridized carbons (Fsp3) is 0.478. The van der Waals surface area contributed by atoms with Gasteiger partial charge in [0.2, 0.25) is 0 Å². The molecule has 1 aliphatic rings. The third-order valence-corrected chi connectivity index (χ3v) is 6.54. The van der Waals surface area contributed by atoms with Crippen LogP contribution in [-0.4, -0.2) is 13.2 Å². The molecule has 1 saturated carbocycles. The molecule has 0 saturated heterocycles. The summed E-state index contributed by atoms with van der Waals surface area (Å²) in [6, 6.07) is 8.72. The Kier molecular flexibility index (Phi) is 8.64. The molecule has 2 aromatic carbocycles. The van der Waals surface area contributed by atoms with E-state index in [4.69, 9.17) is 21.1 Å². The normalized spacial score (nSPS) is 15.6. The fourth-order valence-corrected chi connectivity index (χ4v) is 4.44. The molecule has 0 bridgehead atoms. The molecule has 6 heteroatoms. The number of hydrogen-bond donors (Lipinski definition) is 1. The summed E-state index contributed by atoms with van der Waals surface area (Å²) < 4.78 is 26.0. The smallest absolute Gasteiger partial charge is 0.167 e. The van der Waals surface area contributed by atoms with E-state index in [-0.39, 0.29) is 12.4 Å². The summed E-state index contributed by atoms with van der Waals surface area (Å²) in [6.07, 6.45) is 9.00. The monoisotopic (exact) mass is 483 g/mol. The highest BCUT2D eigenvalue weighted by molar-refractivity contribution is 9.10. The van der Waals surface area contributed by atoms with Crippen molar-refractivity contribution in [2.24, 2.45) is 0 Å². The number of rotatable bonds is 7. The Morgan fingerprint density at radius 2 is 1.83 bits per heavy atom. The summed E-state index contributed by atoms with van der Waals surface area (Å²) in [5, 5.41) is 4.07. The van der Waals surface area contributed by atoms with Gasteiger partial charge in [0.1, 0.15) is 12.4 Å². The second-order valence-corrected chi connectivity index (χ2v) is 8.77. The lowest BCUT2D eigenvalue weighted by atomic mass is 9.96. The SMILES string of the molecule is COc1ccc(Br)c(CNC2CCCCCCC2)c1OCc1ccc(F)cc1Cl. The van der Waals surface area contributed by atoms with Gasteiger partial charge in [0.15, 0.2) is 11.5 Å². The zero-order chi connectivity index (χ0) is 20.6. The summed E-state index contributed by atoms with van der Waals surface area (Å²) in [6.45, 7) is 0.928. The topological polar surface area (TPSA) is 30.5 Å². The van der Waals surface area contributed by atoms with Crippen molar-refractivity contribution in [3.8, 4) is 11.5 Å². The van der Waals surface area contributed by atoms with E-state index >= 15 is 0 Å². The molecule has 1 fully saturated rings. The second-order valence-electron chi connectivity index (χ2n) is 7.50. The van der Waals surface area contributed by atoms with Crippen molar-refractivity contribution in [3.05, 3.63) is 56.8 Å². The van der Waals surface area contributed by atoms with Gasteiger partial charge in [0, 0.05) is 28.2 Å². The van der Waals surface area contributed by atoms with Crippen LogP contribution in [0.2, 0.25) is 5.02 Å². The van der Waals surface area contributed by atoms with Gasteiger partial charge in [-0.25, -0.2) is 4.39 Å². The molecular weight excluding hydrogens is 457 g/mol. The highest BCUT2D eigenvalue weighted by Crippen LogP contribution is 2.37. The van der Waals surface area contributed by atoms with Crippen LogP contribution >= 0.6 is 27.5 Å². The van der Waals surface area contributed by atoms with E-state index in [0.29, 0.717) is 29.1 Å². The molecule has 0 atom stereocenters. The van der Waals surface area contributed by atoms with E-state index < -0.39 is 0 Å². The molecule has 29 heavy (non-hydrogen) atoms. The van der Waals surface area contributed by atoms with Crippen LogP contribution in [0.4, 0.5) is 4.39 Å². The van der Waals surface area contributed by atoms with E-state index in [2.05, 4.69) is 21.2 Å². The lowest BCUT2D eigenvalue weighted by Crippen LogP contribution is -2.29. The molecule has 2 aromatic rings. The minimum absolute atomic E-state index is 0.238. The molecular formula is C23H28BrClFNO2. The molecule has 0 spiro atoms. The van der Waals surface area contributed by atoms with Crippen LogP contribution in [0, 0.1) is 5.82 Å². The fourth-order valence-electron chi connectivity index (χ4n) is 3.76. The van der Waals surface area contributed by atoms with Gasteiger partial charge in [-0.2, -0.15) is 0 Å². The molecule has 158 valence electrons. The molecule has 0 radical (unpaired) electrons. The Labute approximate surface area is 186 Å². The van der Waals surface area contributed by atoms with Gasteiger partial charge in [-0.15, -0.1) is 0 Å². The van der Waals surface area contributed by atoms with Crippen molar-refractivity contribution in [2.45, 2.75) is 64.1 Å². The van der Waals surface area contributed by atoms with Crippen molar-refractivity contribution in [1.29, 1.82) is 0 Å². The Hall–Kier alpha value is -1.30. The maximum absolute atomic E-state index is 13.3. The summed E-state index contributed by atoms with van der Waals surface area (Å²) >= 11 is 9.82. The largest absolute Gasteiger partial charge is 0.493 e. The number of halogens is 3. The molecule has 0 aliphatic heterocycles. The Morgan fingerprint density at radius 1 is 1.10 bits per heavy atom. The van der Waals surface area contributed by atoms with Gasteiger partial charge in [0.25, 0.3) is 0 Å². The number of hydrogen-bond acceptors (Lipinski definition) is 3. The third-order valence-electron chi connectivity index (χ3n) is 5.45. The lowest BCUT2D eigenvalue weighted by molar-refractivity contribution is 0.279. The molecule has 0 unspecified atom stereocenters. The highest BCUT2D eigenvalue weighted by atomic mass is 79.9. The van der Waals surface area contributed by atoms with Gasteiger partial charge in [-0.1, -0.05) is 65.7 Å². The highest BCUT2D eigenvalue weighted by Gasteiger charge is 2.18. The summed E-state index contributed by atoms with van der Waals surface area (Å²) in [5.74, 6) is 0.990. The minimum Gasteiger partial charge on any atom is -0.493 e. The quantitative estimate of drug-likeness (QED) is 0.457. The average molecular weight is 485 g/mol. The molecule has 3 rings (SSSR count). The van der Waals surface area contributed by atoms with Crippen LogP contribution in [0.15, 0.2) is 34.8 Å². The maximum atomic E-state index is 13.3. The van der Waals surface area contributed by atoms with Crippen LogP contribution in [0.25, 0.3) is 0 Å².